The number of hydrogen-bond acceptors (Lipinski definition) is 6. The van der Waals surface area contributed by atoms with E-state index in [1.807, 2.05) is 32.9 Å². The summed E-state index contributed by atoms with van der Waals surface area (Å²) in [7, 11) is 0. The molecule has 1 aliphatic carbocycles. The van der Waals surface area contributed by atoms with Crippen LogP contribution < -0.4 is 10.3 Å². The molecule has 35 heavy (non-hydrogen) atoms. The minimum atomic E-state index is -0.459. The maximum absolute atomic E-state index is 13.5. The number of fused-ring (bicyclic) bond motifs is 1. The summed E-state index contributed by atoms with van der Waals surface area (Å²) in [5.74, 6) is 1.23. The van der Waals surface area contributed by atoms with E-state index in [0.717, 1.165) is 30.2 Å². The monoisotopic (exact) mass is 540 g/mol. The third-order valence-electron chi connectivity index (χ3n) is 5.98. The number of halogens is 1. The van der Waals surface area contributed by atoms with Crippen molar-refractivity contribution in [3.63, 3.8) is 0 Å². The molecule has 0 atom stereocenters. The van der Waals surface area contributed by atoms with Crippen LogP contribution in [0.15, 0.2) is 50.8 Å². The van der Waals surface area contributed by atoms with Crippen molar-refractivity contribution in [1.82, 2.24) is 9.66 Å². The highest BCUT2D eigenvalue weighted by atomic mass is 79.9. The summed E-state index contributed by atoms with van der Waals surface area (Å²) in [6.07, 6.45) is 6.69. The number of nitro benzene ring substituents is 1. The van der Waals surface area contributed by atoms with E-state index in [-0.39, 0.29) is 22.6 Å². The van der Waals surface area contributed by atoms with Gasteiger partial charge in [0.05, 0.1) is 28.6 Å². The lowest BCUT2D eigenvalue weighted by molar-refractivity contribution is -0.384. The Bertz CT molecular complexity index is 1340. The Morgan fingerprint density at radius 2 is 1.94 bits per heavy atom. The van der Waals surface area contributed by atoms with Gasteiger partial charge in [-0.3, -0.25) is 14.9 Å². The minimum absolute atomic E-state index is 0.0741. The van der Waals surface area contributed by atoms with E-state index in [1.54, 1.807) is 12.1 Å². The van der Waals surface area contributed by atoms with E-state index < -0.39 is 4.92 Å². The molecule has 0 saturated heterocycles. The number of nitrogens with zero attached hydrogens (tertiary/aromatic N) is 4. The van der Waals surface area contributed by atoms with Gasteiger partial charge in [0.25, 0.3) is 11.2 Å². The van der Waals surface area contributed by atoms with Crippen molar-refractivity contribution in [2.45, 2.75) is 58.8 Å². The second-order valence-corrected chi connectivity index (χ2v) is 11.1. The van der Waals surface area contributed by atoms with Gasteiger partial charge in [0.1, 0.15) is 11.6 Å². The minimum Gasteiger partial charge on any atom is -0.492 e. The topological polar surface area (TPSA) is 99.6 Å². The molecule has 1 saturated carbocycles. The molecule has 1 aliphatic rings. The van der Waals surface area contributed by atoms with Crippen LogP contribution in [0.25, 0.3) is 10.9 Å². The summed E-state index contributed by atoms with van der Waals surface area (Å²) in [4.78, 5) is 29.3. The number of ether oxygens (including phenoxy) is 1. The molecule has 1 heterocycles. The molecule has 0 amide bonds. The van der Waals surface area contributed by atoms with E-state index in [4.69, 9.17) is 9.72 Å². The van der Waals surface area contributed by atoms with Gasteiger partial charge in [0.15, 0.2) is 0 Å². The number of rotatable bonds is 6. The van der Waals surface area contributed by atoms with Gasteiger partial charge in [-0.1, -0.05) is 56.0 Å². The molecule has 4 rings (SSSR count). The van der Waals surface area contributed by atoms with Gasteiger partial charge in [-0.15, -0.1) is 0 Å². The van der Waals surface area contributed by atoms with E-state index >= 15 is 0 Å². The maximum atomic E-state index is 13.5. The van der Waals surface area contributed by atoms with Crippen LogP contribution >= 0.6 is 15.9 Å². The van der Waals surface area contributed by atoms with Crippen LogP contribution in [0.4, 0.5) is 5.69 Å². The molecule has 2 aromatic carbocycles. The predicted molar refractivity (Wildman–Crippen MR) is 141 cm³/mol. The van der Waals surface area contributed by atoms with E-state index in [2.05, 4.69) is 21.0 Å². The molecule has 1 fully saturated rings. The first-order valence-electron chi connectivity index (χ1n) is 11.8. The molecule has 8 nitrogen and oxygen atoms in total. The van der Waals surface area contributed by atoms with E-state index in [1.165, 1.54) is 29.4 Å². The highest BCUT2D eigenvalue weighted by Gasteiger charge is 2.23. The SMILES string of the molecule is CC(C)(C)COc1ccc([N+](=O)[O-])cc1C=Nn1c(C2CCCCC2)nc2ccc(Br)cc2c1=O. The Kier molecular flexibility index (Phi) is 7.35. The third-order valence-corrected chi connectivity index (χ3v) is 6.47. The van der Waals surface area contributed by atoms with Gasteiger partial charge in [-0.05, 0) is 42.5 Å². The van der Waals surface area contributed by atoms with Gasteiger partial charge < -0.3 is 4.74 Å². The third kappa shape index (κ3) is 5.96. The number of benzene rings is 2. The molecule has 184 valence electrons. The summed E-state index contributed by atoms with van der Waals surface area (Å²) < 4.78 is 8.10. The smallest absolute Gasteiger partial charge is 0.282 e. The zero-order chi connectivity index (χ0) is 25.2. The Morgan fingerprint density at radius 3 is 2.63 bits per heavy atom. The molecule has 9 heteroatoms. The van der Waals surface area contributed by atoms with E-state index in [0.29, 0.717) is 34.6 Å². The van der Waals surface area contributed by atoms with E-state index in [9.17, 15) is 14.9 Å². The molecule has 0 N–H and O–H groups in total. The molecule has 0 unspecified atom stereocenters. The van der Waals surface area contributed by atoms with Crippen LogP contribution in [0, 0.1) is 15.5 Å². The maximum Gasteiger partial charge on any atom is 0.282 e. The van der Waals surface area contributed by atoms with Gasteiger partial charge in [0.2, 0.25) is 0 Å². The van der Waals surface area contributed by atoms with Gasteiger partial charge in [-0.2, -0.15) is 9.78 Å². The Hall–Kier alpha value is -3.07. The molecule has 0 radical (unpaired) electrons. The fourth-order valence-corrected chi connectivity index (χ4v) is 4.56. The second kappa shape index (κ2) is 10.3. The van der Waals surface area contributed by atoms with Gasteiger partial charge in [0, 0.05) is 28.1 Å². The Morgan fingerprint density at radius 1 is 1.20 bits per heavy atom. The quantitative estimate of drug-likeness (QED) is 0.204. The zero-order valence-corrected chi connectivity index (χ0v) is 21.7. The average Bonchev–Trinajstić information content (AvgIpc) is 2.82. The van der Waals surface area contributed by atoms with Crippen molar-refractivity contribution in [2.75, 3.05) is 6.61 Å². The van der Waals surface area contributed by atoms with Crippen LogP contribution in [-0.2, 0) is 0 Å². The summed E-state index contributed by atoms with van der Waals surface area (Å²) in [5, 5.41) is 16.4. The molecule has 0 spiro atoms. The predicted octanol–water partition coefficient (Wildman–Crippen LogP) is 6.42. The lowest BCUT2D eigenvalue weighted by atomic mass is 9.88. The number of aromatic nitrogens is 2. The molecular formula is C26H29BrN4O4. The second-order valence-electron chi connectivity index (χ2n) is 10.2. The normalized spacial score (nSPS) is 15.1. The van der Waals surface area contributed by atoms with Crippen LogP contribution in [0.5, 0.6) is 5.75 Å². The van der Waals surface area contributed by atoms with Crippen LogP contribution in [0.2, 0.25) is 0 Å². The average molecular weight is 541 g/mol. The summed E-state index contributed by atoms with van der Waals surface area (Å²) in [5.41, 5.74) is 0.622. The Balaban J connectivity index is 1.83. The Labute approximate surface area is 212 Å². The molecule has 0 bridgehead atoms. The first-order valence-corrected chi connectivity index (χ1v) is 12.6. The lowest BCUT2D eigenvalue weighted by Gasteiger charge is -2.23. The number of non-ortho nitro benzene ring substituents is 1. The van der Waals surface area contributed by atoms with Crippen LogP contribution in [-0.4, -0.2) is 27.4 Å². The van der Waals surface area contributed by atoms with Crippen molar-refractivity contribution in [3.05, 3.63) is 72.7 Å². The van der Waals surface area contributed by atoms with Gasteiger partial charge in [-0.25, -0.2) is 4.98 Å². The number of nitro groups is 1. The molecule has 0 aliphatic heterocycles. The van der Waals surface area contributed by atoms with Crippen molar-refractivity contribution in [3.8, 4) is 5.75 Å². The van der Waals surface area contributed by atoms with Gasteiger partial charge >= 0.3 is 0 Å². The standard InChI is InChI=1S/C26H29BrN4O4/c1-26(2,3)16-35-23-12-10-20(31(33)34)13-18(23)15-28-30-24(17-7-5-4-6-8-17)29-22-11-9-19(27)14-21(22)25(30)32/h9-15,17H,4-8,16H2,1-3H3. The summed E-state index contributed by atoms with van der Waals surface area (Å²) >= 11 is 3.43. The first kappa shape index (κ1) is 25.0. The van der Waals surface area contributed by atoms with Crippen molar-refractivity contribution in [1.29, 1.82) is 0 Å². The summed E-state index contributed by atoms with van der Waals surface area (Å²) in [6, 6.07) is 9.84. The van der Waals surface area contributed by atoms with Crippen LogP contribution in [0.3, 0.4) is 0 Å². The van der Waals surface area contributed by atoms with Crippen molar-refractivity contribution < 1.29 is 9.66 Å². The lowest BCUT2D eigenvalue weighted by Crippen LogP contribution is -2.25. The van der Waals surface area contributed by atoms with Crippen LogP contribution in [0.1, 0.15) is 70.2 Å². The summed E-state index contributed by atoms with van der Waals surface area (Å²) in [6.45, 7) is 6.55. The molecule has 3 aromatic rings. The van der Waals surface area contributed by atoms with Crippen molar-refractivity contribution in [2.24, 2.45) is 10.5 Å². The fraction of sp³-hybridized carbons (Fsp3) is 0.423. The first-order chi connectivity index (χ1) is 16.6. The largest absolute Gasteiger partial charge is 0.492 e. The van der Waals surface area contributed by atoms with Crippen molar-refractivity contribution >= 4 is 38.7 Å². The fourth-order valence-electron chi connectivity index (χ4n) is 4.20. The zero-order valence-electron chi connectivity index (χ0n) is 20.2. The highest BCUT2D eigenvalue weighted by molar-refractivity contribution is 9.10. The molecule has 1 aromatic heterocycles. The molecular weight excluding hydrogens is 512 g/mol. The number of hydrogen-bond donors (Lipinski definition) is 0. The highest BCUT2D eigenvalue weighted by Crippen LogP contribution is 2.32.